The van der Waals surface area contributed by atoms with E-state index >= 15 is 0 Å². The van der Waals surface area contributed by atoms with Crippen molar-refractivity contribution in [3.63, 3.8) is 0 Å². The van der Waals surface area contributed by atoms with Crippen molar-refractivity contribution < 1.29 is 24.4 Å². The van der Waals surface area contributed by atoms with Gasteiger partial charge in [-0.15, -0.1) is 0 Å². The molecule has 1 aliphatic rings. The highest BCUT2D eigenvalue weighted by Gasteiger charge is 2.48. The Kier molecular flexibility index (Phi) is 5.96. The molecule has 186 valence electrons. The van der Waals surface area contributed by atoms with Crippen molar-refractivity contribution >= 4 is 49.8 Å². The van der Waals surface area contributed by atoms with E-state index in [0.717, 1.165) is 15.8 Å². The number of aryl methyl sites for hydroxylation is 2. The third-order valence-electron chi connectivity index (χ3n) is 6.21. The van der Waals surface area contributed by atoms with Crippen molar-refractivity contribution in [2.24, 2.45) is 0 Å². The molecule has 1 saturated heterocycles. The highest BCUT2D eigenvalue weighted by molar-refractivity contribution is 7.22. The molecule has 1 aromatic heterocycles. The summed E-state index contributed by atoms with van der Waals surface area (Å²) in [5.74, 6) is -1.76. The quantitative estimate of drug-likeness (QED) is 0.123. The zero-order chi connectivity index (χ0) is 26.4. The second-order valence-corrected chi connectivity index (χ2v) is 9.69. The lowest BCUT2D eigenvalue weighted by atomic mass is 9.95. The molecule has 1 N–H and O–H groups in total. The van der Waals surface area contributed by atoms with Crippen molar-refractivity contribution in [1.82, 2.24) is 4.98 Å². The third kappa shape index (κ3) is 4.11. The zero-order valence-electron chi connectivity index (χ0n) is 20.1. The van der Waals surface area contributed by atoms with Gasteiger partial charge in [-0.3, -0.25) is 24.6 Å². The molecule has 37 heavy (non-hydrogen) atoms. The van der Waals surface area contributed by atoms with E-state index in [1.807, 2.05) is 26.0 Å². The summed E-state index contributed by atoms with van der Waals surface area (Å²) in [4.78, 5) is 43.7. The molecule has 10 heteroatoms. The van der Waals surface area contributed by atoms with Crippen LogP contribution < -0.4 is 9.64 Å². The Balaban J connectivity index is 1.76. The van der Waals surface area contributed by atoms with Crippen LogP contribution in [-0.2, 0) is 9.59 Å². The number of anilines is 1. The van der Waals surface area contributed by atoms with E-state index in [1.165, 1.54) is 47.6 Å². The fourth-order valence-corrected chi connectivity index (χ4v) is 5.71. The van der Waals surface area contributed by atoms with Crippen LogP contribution in [0.25, 0.3) is 16.0 Å². The summed E-state index contributed by atoms with van der Waals surface area (Å²) < 4.78 is 6.07. The third-order valence-corrected chi connectivity index (χ3v) is 7.21. The number of ketones is 1. The maximum absolute atomic E-state index is 13.4. The molecule has 1 aliphatic heterocycles. The maximum Gasteiger partial charge on any atom is 0.301 e. The average molecular weight is 516 g/mol. The predicted octanol–water partition coefficient (Wildman–Crippen LogP) is 5.46. The number of carbonyl (C=O) groups excluding carboxylic acids is 2. The van der Waals surface area contributed by atoms with E-state index in [4.69, 9.17) is 4.74 Å². The SMILES string of the molecule is COc1cccc(C(O)=C2C(=O)C(=O)N(c3nc4c(C)cc(C)cc4s3)[C@@H]2c2cccc([N+](=O)[O-])c2)c1. The smallest absolute Gasteiger partial charge is 0.301 e. The predicted molar refractivity (Wildman–Crippen MR) is 140 cm³/mol. The summed E-state index contributed by atoms with van der Waals surface area (Å²) in [7, 11) is 1.47. The number of aliphatic hydroxyl groups excluding tert-OH is 1. The number of benzene rings is 3. The minimum absolute atomic E-state index is 0.189. The van der Waals surface area contributed by atoms with E-state index in [1.54, 1.807) is 24.3 Å². The van der Waals surface area contributed by atoms with Crippen LogP contribution >= 0.6 is 11.3 Å². The Morgan fingerprint density at radius 2 is 1.86 bits per heavy atom. The molecule has 4 aromatic rings. The van der Waals surface area contributed by atoms with Gasteiger partial charge >= 0.3 is 5.91 Å². The van der Waals surface area contributed by atoms with Gasteiger partial charge in [-0.2, -0.15) is 0 Å². The molecule has 0 unspecified atom stereocenters. The number of rotatable bonds is 5. The molecule has 0 radical (unpaired) electrons. The Labute approximate surface area is 215 Å². The van der Waals surface area contributed by atoms with Crippen LogP contribution in [0.5, 0.6) is 5.75 Å². The molecule has 0 aliphatic carbocycles. The van der Waals surface area contributed by atoms with Crippen LogP contribution in [0.4, 0.5) is 10.8 Å². The number of aromatic nitrogens is 1. The standard InChI is InChI=1S/C27H21N3O6S/c1-14-10-15(2)22-20(11-14)37-27(28-22)29-23(16-6-4-8-18(12-16)30(34)35)21(25(32)26(29)33)24(31)17-7-5-9-19(13-17)36-3/h4-13,23,31H,1-3H3/t23-/m1/s1. The molecular formula is C27H21N3O6S. The summed E-state index contributed by atoms with van der Waals surface area (Å²) in [6.45, 7) is 3.86. The summed E-state index contributed by atoms with van der Waals surface area (Å²) in [6.07, 6.45) is 0. The van der Waals surface area contributed by atoms with Crippen LogP contribution in [0.1, 0.15) is 28.3 Å². The topological polar surface area (TPSA) is 123 Å². The number of fused-ring (bicyclic) bond motifs is 1. The molecule has 0 saturated carbocycles. The van der Waals surface area contributed by atoms with E-state index in [9.17, 15) is 24.8 Å². The molecular weight excluding hydrogens is 494 g/mol. The van der Waals surface area contributed by atoms with Gasteiger partial charge in [-0.25, -0.2) is 4.98 Å². The van der Waals surface area contributed by atoms with E-state index < -0.39 is 28.4 Å². The first-order valence-corrected chi connectivity index (χ1v) is 12.1. The summed E-state index contributed by atoms with van der Waals surface area (Å²) in [5.41, 5.74) is 2.80. The number of nitro benzene ring substituents is 1. The monoisotopic (exact) mass is 515 g/mol. The average Bonchev–Trinajstić information content (AvgIpc) is 3.42. The van der Waals surface area contributed by atoms with Gasteiger partial charge in [0, 0.05) is 17.7 Å². The summed E-state index contributed by atoms with van der Waals surface area (Å²) in [5, 5.41) is 23.1. The number of nitro groups is 1. The molecule has 1 fully saturated rings. The largest absolute Gasteiger partial charge is 0.507 e. The number of aliphatic hydroxyl groups is 1. The molecule has 1 amide bonds. The molecule has 2 heterocycles. The van der Waals surface area contributed by atoms with Gasteiger partial charge in [0.25, 0.3) is 11.5 Å². The normalized spacial score (nSPS) is 16.9. The number of carbonyl (C=O) groups is 2. The number of methoxy groups -OCH3 is 1. The van der Waals surface area contributed by atoms with Crippen LogP contribution in [0.3, 0.4) is 0 Å². The first kappa shape index (κ1) is 24.1. The van der Waals surface area contributed by atoms with E-state index in [2.05, 4.69) is 4.98 Å². The molecule has 1 atom stereocenters. The maximum atomic E-state index is 13.4. The van der Waals surface area contributed by atoms with Crippen molar-refractivity contribution in [2.75, 3.05) is 12.0 Å². The van der Waals surface area contributed by atoms with Gasteiger partial charge in [-0.05, 0) is 48.7 Å². The number of hydrogen-bond donors (Lipinski definition) is 1. The van der Waals surface area contributed by atoms with Crippen molar-refractivity contribution in [3.05, 3.63) is 98.6 Å². The minimum atomic E-state index is -1.13. The number of Topliss-reactive ketones (excluding diaryl/α,β-unsaturated/α-hetero) is 1. The second kappa shape index (κ2) is 9.14. The van der Waals surface area contributed by atoms with Crippen molar-refractivity contribution in [3.8, 4) is 5.75 Å². The van der Waals surface area contributed by atoms with Gasteiger partial charge in [0.2, 0.25) is 0 Å². The van der Waals surface area contributed by atoms with Gasteiger partial charge in [0.1, 0.15) is 11.5 Å². The summed E-state index contributed by atoms with van der Waals surface area (Å²) in [6, 6.07) is 14.9. The zero-order valence-corrected chi connectivity index (χ0v) is 20.9. The number of hydrogen-bond acceptors (Lipinski definition) is 8. The Hall–Kier alpha value is -4.57. The number of ether oxygens (including phenoxy) is 1. The minimum Gasteiger partial charge on any atom is -0.507 e. The van der Waals surface area contributed by atoms with Gasteiger partial charge in [0.05, 0.1) is 33.9 Å². The first-order chi connectivity index (χ1) is 17.7. The Morgan fingerprint density at radius 3 is 2.59 bits per heavy atom. The van der Waals surface area contributed by atoms with Gasteiger partial charge < -0.3 is 9.84 Å². The molecule has 5 rings (SSSR count). The first-order valence-electron chi connectivity index (χ1n) is 11.3. The fourth-order valence-electron chi connectivity index (χ4n) is 4.54. The Bertz CT molecular complexity index is 1640. The van der Waals surface area contributed by atoms with Crippen LogP contribution in [-0.4, -0.2) is 33.8 Å². The lowest BCUT2D eigenvalue weighted by Gasteiger charge is -2.22. The molecule has 0 bridgehead atoms. The molecule has 3 aromatic carbocycles. The van der Waals surface area contributed by atoms with Crippen LogP contribution in [0.2, 0.25) is 0 Å². The molecule has 9 nitrogen and oxygen atoms in total. The van der Waals surface area contributed by atoms with Gasteiger partial charge in [-0.1, -0.05) is 41.7 Å². The second-order valence-electron chi connectivity index (χ2n) is 8.68. The number of amides is 1. The number of non-ortho nitro benzene ring substituents is 1. The summed E-state index contributed by atoms with van der Waals surface area (Å²) >= 11 is 1.24. The van der Waals surface area contributed by atoms with Crippen molar-refractivity contribution in [1.29, 1.82) is 0 Å². The highest BCUT2D eigenvalue weighted by Crippen LogP contribution is 2.45. The van der Waals surface area contributed by atoms with Crippen LogP contribution in [0, 0.1) is 24.0 Å². The van der Waals surface area contributed by atoms with E-state index in [0.29, 0.717) is 16.8 Å². The number of nitrogens with zero attached hydrogens (tertiary/aromatic N) is 3. The highest BCUT2D eigenvalue weighted by atomic mass is 32.1. The number of thiazole rings is 1. The fraction of sp³-hybridized carbons (Fsp3) is 0.148. The lowest BCUT2D eigenvalue weighted by molar-refractivity contribution is -0.384. The molecule has 0 spiro atoms. The lowest BCUT2D eigenvalue weighted by Crippen LogP contribution is -2.29. The van der Waals surface area contributed by atoms with E-state index in [-0.39, 0.29) is 22.0 Å². The van der Waals surface area contributed by atoms with Crippen molar-refractivity contribution in [2.45, 2.75) is 19.9 Å². The van der Waals surface area contributed by atoms with Gasteiger partial charge in [0.15, 0.2) is 5.13 Å². The van der Waals surface area contributed by atoms with Crippen LogP contribution in [0.15, 0.2) is 66.2 Å². The Morgan fingerprint density at radius 1 is 1.11 bits per heavy atom.